The van der Waals surface area contributed by atoms with E-state index in [0.29, 0.717) is 31.8 Å². The van der Waals surface area contributed by atoms with E-state index in [1.807, 2.05) is 6.92 Å². The Morgan fingerprint density at radius 1 is 1.19 bits per heavy atom. The van der Waals surface area contributed by atoms with Gasteiger partial charge in [-0.25, -0.2) is 8.42 Å². The highest BCUT2D eigenvalue weighted by Crippen LogP contribution is 2.25. The van der Waals surface area contributed by atoms with E-state index in [1.54, 1.807) is 23.5 Å². The number of amides is 1. The van der Waals surface area contributed by atoms with Crippen molar-refractivity contribution in [2.75, 3.05) is 39.9 Å². The minimum atomic E-state index is -3.50. The zero-order valence-electron chi connectivity index (χ0n) is 15.9. The summed E-state index contributed by atoms with van der Waals surface area (Å²) in [5.74, 6) is -0.214. The topological polar surface area (TPSA) is 87.7 Å². The molecule has 2 rings (SSSR count). The fourth-order valence-electron chi connectivity index (χ4n) is 3.01. The summed E-state index contributed by atoms with van der Waals surface area (Å²) in [6.07, 6.45) is 2.84. The molecule has 0 bridgehead atoms. The van der Waals surface area contributed by atoms with Crippen LogP contribution < -0.4 is 10.6 Å². The van der Waals surface area contributed by atoms with Crippen LogP contribution in [0.25, 0.3) is 0 Å². The van der Waals surface area contributed by atoms with Crippen molar-refractivity contribution in [1.82, 2.24) is 14.9 Å². The zero-order chi connectivity index (χ0) is 19.0. The molecule has 0 spiro atoms. The fourth-order valence-corrected chi connectivity index (χ4v) is 4.71. The predicted octanol–water partition coefficient (Wildman–Crippen LogP) is 1.64. The molecule has 0 radical (unpaired) electrons. The number of carbonyl (C=O) groups is 1. The Balaban J connectivity index is 0.00000364. The highest BCUT2D eigenvalue weighted by atomic mass is 35.5. The van der Waals surface area contributed by atoms with Crippen LogP contribution in [0.15, 0.2) is 29.2 Å². The van der Waals surface area contributed by atoms with Crippen molar-refractivity contribution >= 4 is 28.3 Å². The van der Waals surface area contributed by atoms with Crippen LogP contribution in [0.3, 0.4) is 0 Å². The van der Waals surface area contributed by atoms with Crippen molar-refractivity contribution in [3.8, 4) is 0 Å². The first-order chi connectivity index (χ1) is 12.5. The molecular formula is C18H30ClN3O4S. The van der Waals surface area contributed by atoms with E-state index in [0.717, 1.165) is 25.8 Å². The van der Waals surface area contributed by atoms with Gasteiger partial charge >= 0.3 is 0 Å². The molecule has 2 N–H and O–H groups in total. The number of nitrogens with one attached hydrogen (secondary N) is 2. The predicted molar refractivity (Wildman–Crippen MR) is 108 cm³/mol. The number of benzene rings is 1. The van der Waals surface area contributed by atoms with Crippen molar-refractivity contribution in [3.63, 3.8) is 0 Å². The van der Waals surface area contributed by atoms with Gasteiger partial charge in [0, 0.05) is 44.9 Å². The van der Waals surface area contributed by atoms with Gasteiger partial charge in [-0.15, -0.1) is 12.4 Å². The van der Waals surface area contributed by atoms with E-state index in [2.05, 4.69) is 10.6 Å². The van der Waals surface area contributed by atoms with Crippen molar-refractivity contribution in [2.45, 2.75) is 37.1 Å². The minimum Gasteiger partial charge on any atom is -0.383 e. The summed E-state index contributed by atoms with van der Waals surface area (Å²) in [6, 6.07) is 6.18. The van der Waals surface area contributed by atoms with E-state index < -0.39 is 10.0 Å². The van der Waals surface area contributed by atoms with Crippen LogP contribution in [0.5, 0.6) is 0 Å². The van der Waals surface area contributed by atoms with Gasteiger partial charge in [0.2, 0.25) is 10.0 Å². The maximum absolute atomic E-state index is 12.8. The van der Waals surface area contributed by atoms with Gasteiger partial charge in [-0.05, 0) is 44.0 Å². The van der Waals surface area contributed by atoms with Gasteiger partial charge in [0.15, 0.2) is 0 Å². The second-order valence-electron chi connectivity index (χ2n) is 6.48. The monoisotopic (exact) mass is 419 g/mol. The maximum atomic E-state index is 12.8. The lowest BCUT2D eigenvalue weighted by molar-refractivity contribution is 0.0953. The molecule has 1 heterocycles. The summed E-state index contributed by atoms with van der Waals surface area (Å²) >= 11 is 0. The van der Waals surface area contributed by atoms with Crippen molar-refractivity contribution in [2.24, 2.45) is 0 Å². The summed E-state index contributed by atoms with van der Waals surface area (Å²) in [6.45, 7) is 5.00. The molecule has 1 aliphatic rings. The molecule has 1 amide bonds. The third-order valence-electron chi connectivity index (χ3n) is 4.54. The van der Waals surface area contributed by atoms with Crippen LogP contribution in [0.2, 0.25) is 0 Å². The van der Waals surface area contributed by atoms with Gasteiger partial charge in [0.25, 0.3) is 5.91 Å². The number of sulfonamides is 1. The van der Waals surface area contributed by atoms with Crippen molar-refractivity contribution < 1.29 is 17.9 Å². The second kappa shape index (κ2) is 11.6. The van der Waals surface area contributed by atoms with Gasteiger partial charge < -0.3 is 15.4 Å². The lowest BCUT2D eigenvalue weighted by Crippen LogP contribution is -2.41. The molecule has 1 unspecified atom stereocenters. The summed E-state index contributed by atoms with van der Waals surface area (Å²) in [5, 5.41) is 5.94. The third-order valence-corrected chi connectivity index (χ3v) is 6.56. The first-order valence-corrected chi connectivity index (χ1v) is 10.5. The molecule has 1 aromatic carbocycles. The zero-order valence-corrected chi connectivity index (χ0v) is 17.6. The Morgan fingerprint density at radius 3 is 2.52 bits per heavy atom. The average Bonchev–Trinajstić information content (AvgIpc) is 2.64. The Hall–Kier alpha value is -1.19. The molecule has 1 aromatic rings. The van der Waals surface area contributed by atoms with E-state index in [4.69, 9.17) is 4.74 Å². The Kier molecular flexibility index (Phi) is 10.3. The molecule has 1 fully saturated rings. The Bertz CT molecular complexity index is 682. The molecule has 27 heavy (non-hydrogen) atoms. The smallest absolute Gasteiger partial charge is 0.251 e. The van der Waals surface area contributed by atoms with Gasteiger partial charge in [0.1, 0.15) is 0 Å². The highest BCUT2D eigenvalue weighted by molar-refractivity contribution is 7.89. The van der Waals surface area contributed by atoms with Gasteiger partial charge in [-0.1, -0.05) is 6.42 Å². The van der Waals surface area contributed by atoms with Crippen LogP contribution >= 0.6 is 12.4 Å². The number of halogens is 1. The van der Waals surface area contributed by atoms with Gasteiger partial charge in [-0.2, -0.15) is 4.31 Å². The lowest BCUT2D eigenvalue weighted by atomic mass is 10.1. The standard InChI is InChI=1S/C18H29N3O4S.ClH/c1-15-5-3-4-13-21(15)26(23,24)17-8-6-16(7-9-17)18(22)20-11-10-19-12-14-25-2;/h6-9,15,19H,3-5,10-14H2,1-2H3,(H,20,22);1H. The second-order valence-corrected chi connectivity index (χ2v) is 8.37. The lowest BCUT2D eigenvalue weighted by Gasteiger charge is -2.32. The molecular weight excluding hydrogens is 390 g/mol. The minimum absolute atomic E-state index is 0. The summed E-state index contributed by atoms with van der Waals surface area (Å²) < 4.78 is 32.1. The molecule has 7 nitrogen and oxygen atoms in total. The third kappa shape index (κ3) is 6.73. The van der Waals surface area contributed by atoms with E-state index >= 15 is 0 Å². The van der Waals surface area contributed by atoms with Crippen LogP contribution in [-0.4, -0.2) is 64.6 Å². The van der Waals surface area contributed by atoms with Gasteiger partial charge in [0.05, 0.1) is 11.5 Å². The molecule has 0 aliphatic carbocycles. The van der Waals surface area contributed by atoms with Crippen LogP contribution in [0.1, 0.15) is 36.5 Å². The number of ether oxygens (including phenoxy) is 1. The number of carbonyl (C=O) groups excluding carboxylic acids is 1. The molecule has 1 aliphatic heterocycles. The molecule has 1 atom stereocenters. The normalized spacial score (nSPS) is 17.9. The SMILES string of the molecule is COCCNCCNC(=O)c1ccc(S(=O)(=O)N2CCCCC2C)cc1.Cl. The molecule has 154 valence electrons. The molecule has 1 saturated heterocycles. The van der Waals surface area contributed by atoms with Crippen molar-refractivity contribution in [1.29, 1.82) is 0 Å². The quantitative estimate of drug-likeness (QED) is 0.594. The number of piperidine rings is 1. The Labute approximate surface area is 168 Å². The first kappa shape index (κ1) is 23.8. The van der Waals surface area contributed by atoms with E-state index in [1.165, 1.54) is 12.1 Å². The maximum Gasteiger partial charge on any atom is 0.251 e. The van der Waals surface area contributed by atoms with Crippen LogP contribution in [0, 0.1) is 0 Å². The Morgan fingerprint density at radius 2 is 1.89 bits per heavy atom. The summed E-state index contributed by atoms with van der Waals surface area (Å²) in [7, 11) is -1.87. The van der Waals surface area contributed by atoms with Crippen LogP contribution in [-0.2, 0) is 14.8 Å². The molecule has 0 saturated carbocycles. The largest absolute Gasteiger partial charge is 0.383 e. The van der Waals surface area contributed by atoms with Crippen LogP contribution in [0.4, 0.5) is 0 Å². The number of hydrogen-bond donors (Lipinski definition) is 2. The van der Waals surface area contributed by atoms with Gasteiger partial charge in [-0.3, -0.25) is 4.79 Å². The average molecular weight is 420 g/mol. The highest BCUT2D eigenvalue weighted by Gasteiger charge is 2.30. The van der Waals surface area contributed by atoms with Crippen molar-refractivity contribution in [3.05, 3.63) is 29.8 Å². The number of methoxy groups -OCH3 is 1. The number of nitrogens with zero attached hydrogens (tertiary/aromatic N) is 1. The fraction of sp³-hybridized carbons (Fsp3) is 0.611. The number of rotatable bonds is 9. The van der Waals surface area contributed by atoms with E-state index in [9.17, 15) is 13.2 Å². The molecule has 9 heteroatoms. The van der Waals surface area contributed by atoms with E-state index in [-0.39, 0.29) is 29.3 Å². The summed E-state index contributed by atoms with van der Waals surface area (Å²) in [5.41, 5.74) is 0.451. The number of hydrogen-bond acceptors (Lipinski definition) is 5. The first-order valence-electron chi connectivity index (χ1n) is 9.06. The summed E-state index contributed by atoms with van der Waals surface area (Å²) in [4.78, 5) is 12.4. The molecule has 0 aromatic heterocycles.